The molecule has 1 heteroatoms. The summed E-state index contributed by atoms with van der Waals surface area (Å²) < 4.78 is 0. The van der Waals surface area contributed by atoms with Crippen LogP contribution in [0.2, 0.25) is 0 Å². The standard InChI is InChI=1S/C19H24O/c1-19(2,20)18-13-6-5-11-17(18)16-12-7-9-14-8-3-4-10-15(14)16/h3,7-9,11-13,15-16,20H,4-6,10H2,1-2H3. The van der Waals surface area contributed by atoms with E-state index in [0.717, 1.165) is 18.4 Å². The maximum Gasteiger partial charge on any atom is 0.0840 e. The predicted molar refractivity (Wildman–Crippen MR) is 84.3 cm³/mol. The van der Waals surface area contributed by atoms with Gasteiger partial charge in [0.1, 0.15) is 0 Å². The van der Waals surface area contributed by atoms with E-state index in [0.29, 0.717) is 11.8 Å². The molecule has 0 aromatic carbocycles. The van der Waals surface area contributed by atoms with Crippen LogP contribution in [0, 0.1) is 11.8 Å². The Labute approximate surface area is 122 Å². The van der Waals surface area contributed by atoms with Crippen LogP contribution in [-0.4, -0.2) is 10.7 Å². The molecule has 3 aliphatic rings. The largest absolute Gasteiger partial charge is 0.386 e. The summed E-state index contributed by atoms with van der Waals surface area (Å²) >= 11 is 0. The van der Waals surface area contributed by atoms with Crippen LogP contribution in [0.5, 0.6) is 0 Å². The average molecular weight is 268 g/mol. The van der Waals surface area contributed by atoms with Gasteiger partial charge in [-0.05, 0) is 62.2 Å². The van der Waals surface area contributed by atoms with Crippen LogP contribution in [0.3, 0.4) is 0 Å². The molecule has 0 bridgehead atoms. The van der Waals surface area contributed by atoms with Gasteiger partial charge in [-0.15, -0.1) is 0 Å². The van der Waals surface area contributed by atoms with Crippen LogP contribution in [0.15, 0.2) is 59.3 Å². The Hall–Kier alpha value is -1.34. The van der Waals surface area contributed by atoms with Gasteiger partial charge in [0.25, 0.3) is 0 Å². The molecule has 1 N–H and O–H groups in total. The second kappa shape index (κ2) is 5.21. The molecule has 2 unspecified atom stereocenters. The highest BCUT2D eigenvalue weighted by Crippen LogP contribution is 2.43. The minimum absolute atomic E-state index is 0.429. The fraction of sp³-hybridized carbons (Fsp3) is 0.474. The van der Waals surface area contributed by atoms with Gasteiger partial charge in [-0.2, -0.15) is 0 Å². The fourth-order valence-corrected chi connectivity index (χ4v) is 3.71. The lowest BCUT2D eigenvalue weighted by Gasteiger charge is -2.37. The molecule has 0 aromatic rings. The van der Waals surface area contributed by atoms with E-state index < -0.39 is 5.60 Å². The van der Waals surface area contributed by atoms with E-state index in [1.165, 1.54) is 24.0 Å². The molecular weight excluding hydrogens is 244 g/mol. The summed E-state index contributed by atoms with van der Waals surface area (Å²) in [6.45, 7) is 3.81. The summed E-state index contributed by atoms with van der Waals surface area (Å²) in [4.78, 5) is 0. The first-order chi connectivity index (χ1) is 9.57. The van der Waals surface area contributed by atoms with Gasteiger partial charge in [-0.25, -0.2) is 0 Å². The summed E-state index contributed by atoms with van der Waals surface area (Å²) in [5, 5.41) is 10.5. The lowest BCUT2D eigenvalue weighted by Crippen LogP contribution is -2.30. The van der Waals surface area contributed by atoms with E-state index >= 15 is 0 Å². The van der Waals surface area contributed by atoms with Gasteiger partial charge in [0.2, 0.25) is 0 Å². The normalized spacial score (nSPS) is 29.4. The third-order valence-corrected chi connectivity index (χ3v) is 4.63. The van der Waals surface area contributed by atoms with Crippen molar-refractivity contribution >= 4 is 0 Å². The molecule has 3 rings (SSSR count). The van der Waals surface area contributed by atoms with Crippen LogP contribution in [0.25, 0.3) is 0 Å². The molecule has 0 heterocycles. The Morgan fingerprint density at radius 2 is 1.95 bits per heavy atom. The van der Waals surface area contributed by atoms with Crippen LogP contribution < -0.4 is 0 Å². The molecule has 0 saturated carbocycles. The molecule has 2 atom stereocenters. The zero-order valence-electron chi connectivity index (χ0n) is 12.5. The highest BCUT2D eigenvalue weighted by atomic mass is 16.3. The van der Waals surface area contributed by atoms with Gasteiger partial charge in [0, 0.05) is 5.92 Å². The van der Waals surface area contributed by atoms with E-state index in [4.69, 9.17) is 0 Å². The van der Waals surface area contributed by atoms with Crippen molar-refractivity contribution in [1.82, 2.24) is 0 Å². The number of rotatable bonds is 2. The zero-order valence-corrected chi connectivity index (χ0v) is 12.5. The summed E-state index contributed by atoms with van der Waals surface area (Å²) in [5.74, 6) is 1.01. The first kappa shape index (κ1) is 13.6. The summed E-state index contributed by atoms with van der Waals surface area (Å²) in [5.41, 5.74) is 3.19. The van der Waals surface area contributed by atoms with Crippen molar-refractivity contribution in [1.29, 1.82) is 0 Å². The van der Waals surface area contributed by atoms with Gasteiger partial charge in [0.05, 0.1) is 5.60 Å². The Morgan fingerprint density at radius 1 is 1.15 bits per heavy atom. The molecule has 0 aromatic heterocycles. The third kappa shape index (κ3) is 2.47. The number of hydrogen-bond acceptors (Lipinski definition) is 1. The molecule has 3 aliphatic carbocycles. The maximum absolute atomic E-state index is 10.5. The second-order valence-electron chi connectivity index (χ2n) is 6.58. The Kier molecular flexibility index (Phi) is 3.55. The Balaban J connectivity index is 1.94. The molecule has 1 nitrogen and oxygen atoms in total. The molecule has 0 amide bonds. The number of hydrogen-bond donors (Lipinski definition) is 1. The monoisotopic (exact) mass is 268 g/mol. The van der Waals surface area contributed by atoms with Gasteiger partial charge in [-0.1, -0.05) is 42.5 Å². The molecule has 0 radical (unpaired) electrons. The molecule has 0 aliphatic heterocycles. The first-order valence-corrected chi connectivity index (χ1v) is 7.76. The Morgan fingerprint density at radius 3 is 2.75 bits per heavy atom. The zero-order chi connectivity index (χ0) is 14.2. The number of fused-ring (bicyclic) bond motifs is 1. The number of allylic oxidation sites excluding steroid dienone is 8. The van der Waals surface area contributed by atoms with Gasteiger partial charge in [0.15, 0.2) is 0 Å². The average Bonchev–Trinajstić information content (AvgIpc) is 2.46. The van der Waals surface area contributed by atoms with Crippen molar-refractivity contribution in [3.63, 3.8) is 0 Å². The quantitative estimate of drug-likeness (QED) is 0.782. The Bertz CT molecular complexity index is 535. The van der Waals surface area contributed by atoms with Crippen molar-refractivity contribution in [3.05, 3.63) is 59.3 Å². The topological polar surface area (TPSA) is 20.2 Å². The minimum Gasteiger partial charge on any atom is -0.386 e. The van der Waals surface area contributed by atoms with E-state index in [1.54, 1.807) is 0 Å². The first-order valence-electron chi connectivity index (χ1n) is 7.76. The van der Waals surface area contributed by atoms with Crippen molar-refractivity contribution in [3.8, 4) is 0 Å². The summed E-state index contributed by atoms with van der Waals surface area (Å²) in [6, 6.07) is 0. The van der Waals surface area contributed by atoms with Gasteiger partial charge >= 0.3 is 0 Å². The van der Waals surface area contributed by atoms with Crippen molar-refractivity contribution < 1.29 is 5.11 Å². The molecular formula is C19H24O. The number of aliphatic hydroxyl groups is 1. The summed E-state index contributed by atoms with van der Waals surface area (Å²) in [6.07, 6.45) is 20.4. The lowest BCUT2D eigenvalue weighted by molar-refractivity contribution is 0.119. The van der Waals surface area contributed by atoms with E-state index in [9.17, 15) is 5.11 Å². The van der Waals surface area contributed by atoms with Crippen molar-refractivity contribution in [2.45, 2.75) is 45.1 Å². The van der Waals surface area contributed by atoms with E-state index in [2.05, 4.69) is 42.5 Å². The third-order valence-electron chi connectivity index (χ3n) is 4.63. The van der Waals surface area contributed by atoms with Crippen molar-refractivity contribution in [2.24, 2.45) is 11.8 Å². The van der Waals surface area contributed by atoms with E-state index in [-0.39, 0.29) is 0 Å². The molecule has 0 saturated heterocycles. The highest BCUT2D eigenvalue weighted by molar-refractivity contribution is 5.47. The maximum atomic E-state index is 10.5. The summed E-state index contributed by atoms with van der Waals surface area (Å²) in [7, 11) is 0. The minimum atomic E-state index is -0.744. The van der Waals surface area contributed by atoms with Crippen LogP contribution >= 0.6 is 0 Å². The molecule has 0 spiro atoms. The molecule has 106 valence electrons. The van der Waals surface area contributed by atoms with Crippen LogP contribution in [0.1, 0.15) is 39.5 Å². The smallest absolute Gasteiger partial charge is 0.0840 e. The van der Waals surface area contributed by atoms with Gasteiger partial charge in [-0.3, -0.25) is 0 Å². The highest BCUT2D eigenvalue weighted by Gasteiger charge is 2.33. The van der Waals surface area contributed by atoms with Gasteiger partial charge < -0.3 is 5.11 Å². The molecule has 20 heavy (non-hydrogen) atoms. The SMILES string of the molecule is CC(C)(O)C1=CCCC=C1C1C=CC=C2C=CCCC21. The molecule has 0 fully saturated rings. The van der Waals surface area contributed by atoms with Crippen molar-refractivity contribution in [2.75, 3.05) is 0 Å². The van der Waals surface area contributed by atoms with Crippen LogP contribution in [-0.2, 0) is 0 Å². The van der Waals surface area contributed by atoms with Crippen LogP contribution in [0.4, 0.5) is 0 Å². The lowest BCUT2D eigenvalue weighted by atomic mass is 9.69. The second-order valence-corrected chi connectivity index (χ2v) is 6.58. The fourth-order valence-electron chi connectivity index (χ4n) is 3.71. The van der Waals surface area contributed by atoms with E-state index in [1.807, 2.05) is 13.8 Å². The predicted octanol–water partition coefficient (Wildman–Crippen LogP) is 4.48.